The van der Waals surface area contributed by atoms with Crippen LogP contribution in [-0.4, -0.2) is 35.4 Å². The molecular formula is C16H14F6N6O2. The summed E-state index contributed by atoms with van der Waals surface area (Å²) in [5, 5.41) is 14.6. The largest absolute Gasteiger partial charge is 0.417 e. The van der Waals surface area contributed by atoms with E-state index in [9.17, 15) is 31.1 Å². The number of anilines is 1. The number of nitrogens with zero attached hydrogens (tertiary/aromatic N) is 4. The molecule has 0 atom stereocenters. The maximum Gasteiger partial charge on any atom is 0.417 e. The Morgan fingerprint density at radius 3 is 2.53 bits per heavy atom. The molecule has 0 aliphatic heterocycles. The van der Waals surface area contributed by atoms with Gasteiger partial charge in [-0.05, 0) is 18.2 Å². The van der Waals surface area contributed by atoms with Crippen molar-refractivity contribution in [3.8, 4) is 6.07 Å². The third-order valence-electron chi connectivity index (χ3n) is 3.64. The summed E-state index contributed by atoms with van der Waals surface area (Å²) in [4.78, 5) is 15.0. The topological polar surface area (TPSA) is 121 Å². The molecule has 0 spiro atoms. The summed E-state index contributed by atoms with van der Waals surface area (Å²) >= 11 is 0. The second-order valence-corrected chi connectivity index (χ2v) is 5.96. The minimum Gasteiger partial charge on any atom is -0.355 e. The van der Waals surface area contributed by atoms with E-state index in [2.05, 4.69) is 15.5 Å². The number of nitrogens with one attached hydrogen (secondary N) is 1. The van der Waals surface area contributed by atoms with Crippen LogP contribution in [0, 0.1) is 11.3 Å². The minimum atomic E-state index is -4.93. The van der Waals surface area contributed by atoms with Crippen molar-refractivity contribution in [2.75, 3.05) is 18.0 Å². The molecule has 0 aliphatic rings. The molecule has 1 aromatic heterocycles. The van der Waals surface area contributed by atoms with Crippen molar-refractivity contribution in [1.29, 1.82) is 5.26 Å². The van der Waals surface area contributed by atoms with Gasteiger partial charge in [-0.1, -0.05) is 5.16 Å². The van der Waals surface area contributed by atoms with E-state index < -0.39 is 48.3 Å². The van der Waals surface area contributed by atoms with Crippen LogP contribution in [0.1, 0.15) is 22.8 Å². The maximum atomic E-state index is 13.2. The number of primary amides is 1. The molecule has 0 saturated heterocycles. The Labute approximate surface area is 165 Å². The number of aromatic nitrogens is 2. The van der Waals surface area contributed by atoms with Crippen LogP contribution in [0.15, 0.2) is 22.7 Å². The van der Waals surface area contributed by atoms with Gasteiger partial charge in [0.2, 0.25) is 5.89 Å². The molecule has 30 heavy (non-hydrogen) atoms. The van der Waals surface area contributed by atoms with Crippen LogP contribution < -0.4 is 16.0 Å². The maximum absolute atomic E-state index is 13.2. The lowest BCUT2D eigenvalue weighted by Crippen LogP contribution is -2.34. The van der Waals surface area contributed by atoms with E-state index in [-0.39, 0.29) is 24.7 Å². The highest BCUT2D eigenvalue weighted by atomic mass is 19.4. The zero-order valence-electron chi connectivity index (χ0n) is 15.0. The summed E-state index contributed by atoms with van der Waals surface area (Å²) in [6.45, 7) is -2.17. The first-order chi connectivity index (χ1) is 13.9. The van der Waals surface area contributed by atoms with Gasteiger partial charge in [0, 0.05) is 18.7 Å². The van der Waals surface area contributed by atoms with E-state index in [0.29, 0.717) is 11.0 Å². The van der Waals surface area contributed by atoms with Gasteiger partial charge in [-0.25, -0.2) is 4.79 Å². The van der Waals surface area contributed by atoms with Crippen molar-refractivity contribution < 1.29 is 35.7 Å². The van der Waals surface area contributed by atoms with E-state index in [1.54, 1.807) is 0 Å². The number of rotatable bonds is 7. The molecule has 0 aliphatic carbocycles. The molecule has 162 valence electrons. The minimum absolute atomic E-state index is 0.0125. The Balaban J connectivity index is 2.29. The lowest BCUT2D eigenvalue weighted by Gasteiger charge is -2.25. The summed E-state index contributed by atoms with van der Waals surface area (Å²) in [5.74, 6) is -0.229. The standard InChI is InChI=1S/C16H14F6N6O2/c17-15(18,19)8-28(7-12-26-13(30-27-12)3-4-25-14(24)29)10-2-1-9(6-23)11(5-10)16(20,21)22/h1-2,5H,3-4,7-8H2,(H3,24,25,29). The summed E-state index contributed by atoms with van der Waals surface area (Å²) in [6.07, 6.45) is -9.63. The highest BCUT2D eigenvalue weighted by Gasteiger charge is 2.36. The molecular weight excluding hydrogens is 422 g/mol. The number of amides is 2. The van der Waals surface area contributed by atoms with Crippen molar-refractivity contribution in [2.45, 2.75) is 25.3 Å². The van der Waals surface area contributed by atoms with E-state index in [4.69, 9.17) is 15.5 Å². The molecule has 2 rings (SSSR count). The zero-order chi connectivity index (χ0) is 22.5. The highest BCUT2D eigenvalue weighted by molar-refractivity contribution is 5.71. The quantitative estimate of drug-likeness (QED) is 0.644. The lowest BCUT2D eigenvalue weighted by molar-refractivity contribution is -0.137. The van der Waals surface area contributed by atoms with Gasteiger partial charge in [-0.2, -0.15) is 36.6 Å². The predicted molar refractivity (Wildman–Crippen MR) is 88.9 cm³/mol. The summed E-state index contributed by atoms with van der Waals surface area (Å²) in [5.41, 5.74) is 2.37. The number of nitriles is 1. The molecule has 0 radical (unpaired) electrons. The Kier molecular flexibility index (Phi) is 6.75. The molecule has 14 heteroatoms. The molecule has 2 aromatic rings. The number of carbonyl (C=O) groups excluding carboxylic acids is 1. The molecule has 1 heterocycles. The van der Waals surface area contributed by atoms with Crippen molar-refractivity contribution in [3.05, 3.63) is 41.0 Å². The Hall–Kier alpha value is -3.50. The molecule has 0 unspecified atom stereocenters. The second-order valence-electron chi connectivity index (χ2n) is 5.96. The average Bonchev–Trinajstić information content (AvgIpc) is 3.05. The molecule has 0 saturated carbocycles. The van der Waals surface area contributed by atoms with Gasteiger partial charge in [0.15, 0.2) is 5.82 Å². The Morgan fingerprint density at radius 1 is 1.27 bits per heavy atom. The van der Waals surface area contributed by atoms with Crippen LogP contribution in [0.2, 0.25) is 0 Å². The number of nitrogens with two attached hydrogens (primary N) is 1. The second kappa shape index (κ2) is 8.89. The number of urea groups is 1. The molecule has 0 fully saturated rings. The first kappa shape index (κ1) is 22.8. The number of halogens is 6. The van der Waals surface area contributed by atoms with Gasteiger partial charge >= 0.3 is 18.4 Å². The fraction of sp³-hybridized carbons (Fsp3) is 0.375. The van der Waals surface area contributed by atoms with Crippen LogP contribution in [0.4, 0.5) is 36.8 Å². The van der Waals surface area contributed by atoms with E-state index in [1.807, 2.05) is 0 Å². The Morgan fingerprint density at radius 2 is 1.97 bits per heavy atom. The fourth-order valence-electron chi connectivity index (χ4n) is 2.44. The molecule has 2 amide bonds. The first-order valence-corrected chi connectivity index (χ1v) is 8.17. The van der Waals surface area contributed by atoms with Gasteiger partial charge < -0.3 is 20.5 Å². The van der Waals surface area contributed by atoms with Crippen LogP contribution >= 0.6 is 0 Å². The monoisotopic (exact) mass is 436 g/mol. The van der Waals surface area contributed by atoms with Gasteiger partial charge in [-0.15, -0.1) is 0 Å². The van der Waals surface area contributed by atoms with E-state index >= 15 is 0 Å². The zero-order valence-corrected chi connectivity index (χ0v) is 15.0. The van der Waals surface area contributed by atoms with Crippen LogP contribution in [0.25, 0.3) is 0 Å². The molecule has 1 aromatic carbocycles. The number of hydrogen-bond acceptors (Lipinski definition) is 6. The number of alkyl halides is 6. The van der Waals surface area contributed by atoms with Gasteiger partial charge in [0.05, 0.1) is 23.7 Å². The first-order valence-electron chi connectivity index (χ1n) is 8.17. The van der Waals surface area contributed by atoms with E-state index in [1.165, 1.54) is 6.07 Å². The van der Waals surface area contributed by atoms with Crippen molar-refractivity contribution >= 4 is 11.7 Å². The molecule has 3 N–H and O–H groups in total. The molecule has 8 nitrogen and oxygen atoms in total. The molecule has 0 bridgehead atoms. The van der Waals surface area contributed by atoms with Crippen molar-refractivity contribution in [1.82, 2.24) is 15.5 Å². The average molecular weight is 436 g/mol. The summed E-state index contributed by atoms with van der Waals surface area (Å²) < 4.78 is 83.3. The SMILES string of the molecule is N#Cc1ccc(N(Cc2noc(CCNC(N)=O)n2)CC(F)(F)F)cc1C(F)(F)F. The van der Waals surface area contributed by atoms with Crippen molar-refractivity contribution in [2.24, 2.45) is 5.73 Å². The van der Waals surface area contributed by atoms with E-state index in [0.717, 1.165) is 12.1 Å². The predicted octanol–water partition coefficient (Wildman–Crippen LogP) is 2.74. The summed E-state index contributed by atoms with van der Waals surface area (Å²) in [7, 11) is 0. The highest BCUT2D eigenvalue weighted by Crippen LogP contribution is 2.35. The van der Waals surface area contributed by atoms with Gasteiger partial charge in [0.1, 0.15) is 6.54 Å². The number of carbonyl (C=O) groups is 1. The fourth-order valence-corrected chi connectivity index (χ4v) is 2.44. The normalized spacial score (nSPS) is 11.8. The van der Waals surface area contributed by atoms with Crippen molar-refractivity contribution in [3.63, 3.8) is 0 Å². The van der Waals surface area contributed by atoms with Gasteiger partial charge in [-0.3, -0.25) is 0 Å². The smallest absolute Gasteiger partial charge is 0.355 e. The lowest BCUT2D eigenvalue weighted by atomic mass is 10.1. The summed E-state index contributed by atoms with van der Waals surface area (Å²) in [6, 6.07) is 2.78. The van der Waals surface area contributed by atoms with Crippen LogP contribution in [0.3, 0.4) is 0 Å². The van der Waals surface area contributed by atoms with Gasteiger partial charge in [0.25, 0.3) is 0 Å². The number of benzene rings is 1. The third-order valence-corrected chi connectivity index (χ3v) is 3.64. The Bertz CT molecular complexity index is 934. The van der Waals surface area contributed by atoms with Crippen LogP contribution in [-0.2, 0) is 19.1 Å². The van der Waals surface area contributed by atoms with Crippen LogP contribution in [0.5, 0.6) is 0 Å². The number of hydrogen-bond donors (Lipinski definition) is 2. The third kappa shape index (κ3) is 6.54.